The zero-order valence-electron chi connectivity index (χ0n) is 18.5. The molecule has 1 aliphatic heterocycles. The molecule has 1 aromatic carbocycles. The molecule has 0 aliphatic carbocycles. The van der Waals surface area contributed by atoms with Gasteiger partial charge >= 0.3 is 0 Å². The number of carbonyl (C=O) groups is 2. The number of nitrogens with zero attached hydrogens (tertiary/aromatic N) is 3. The molecule has 2 aromatic heterocycles. The van der Waals surface area contributed by atoms with Crippen molar-refractivity contribution in [2.45, 2.75) is 12.5 Å². The molecule has 4 rings (SSSR count). The fourth-order valence-electron chi connectivity index (χ4n) is 3.76. The summed E-state index contributed by atoms with van der Waals surface area (Å²) in [6.45, 7) is 0.560. The number of carbonyl (C=O) groups excluding carboxylic acids is 2. The molecule has 1 atom stereocenters. The summed E-state index contributed by atoms with van der Waals surface area (Å²) >= 11 is 2.94. The molecular weight excluding hydrogens is 458 g/mol. The van der Waals surface area contributed by atoms with E-state index in [1.807, 2.05) is 53.2 Å². The second-order valence-corrected chi connectivity index (χ2v) is 9.32. The van der Waals surface area contributed by atoms with Gasteiger partial charge in [-0.1, -0.05) is 30.3 Å². The second-order valence-electron chi connectivity index (χ2n) is 7.42. The lowest BCUT2D eigenvalue weighted by atomic mass is 10.00. The van der Waals surface area contributed by atoms with E-state index in [9.17, 15) is 9.59 Å². The number of ether oxygens (including phenoxy) is 2. The fraction of sp³-hybridized carbons (Fsp3) is 0.292. The van der Waals surface area contributed by atoms with Gasteiger partial charge in [-0.3, -0.25) is 9.59 Å². The Morgan fingerprint density at radius 2 is 1.88 bits per heavy atom. The number of hydrogen-bond acceptors (Lipinski definition) is 7. The first-order valence-corrected chi connectivity index (χ1v) is 12.3. The van der Waals surface area contributed by atoms with Crippen molar-refractivity contribution in [3.05, 3.63) is 74.6 Å². The lowest BCUT2D eigenvalue weighted by Crippen LogP contribution is -2.42. The summed E-state index contributed by atoms with van der Waals surface area (Å²) in [5, 5.41) is 10.1. The first-order valence-electron chi connectivity index (χ1n) is 10.5. The maximum Gasteiger partial charge on any atom is 0.264 e. The van der Waals surface area contributed by atoms with Gasteiger partial charge in [0, 0.05) is 25.6 Å². The van der Waals surface area contributed by atoms with Crippen molar-refractivity contribution in [3.63, 3.8) is 0 Å². The highest BCUT2D eigenvalue weighted by molar-refractivity contribution is 7.12. The van der Waals surface area contributed by atoms with Crippen LogP contribution in [0.4, 0.5) is 0 Å². The van der Waals surface area contributed by atoms with Crippen LogP contribution in [0.5, 0.6) is 5.75 Å². The molecule has 0 unspecified atom stereocenters. The first-order chi connectivity index (χ1) is 16.1. The predicted octanol–water partition coefficient (Wildman–Crippen LogP) is 4.28. The van der Waals surface area contributed by atoms with Crippen molar-refractivity contribution < 1.29 is 19.1 Å². The third-order valence-electron chi connectivity index (χ3n) is 5.38. The van der Waals surface area contributed by atoms with E-state index in [1.165, 1.54) is 21.2 Å². The number of rotatable bonds is 9. The van der Waals surface area contributed by atoms with E-state index in [0.717, 1.165) is 16.2 Å². The topological polar surface area (TPSA) is 71.4 Å². The minimum absolute atomic E-state index is 0.0903. The SMILES string of the molecule is COCCN(CC(=O)N1N=C(c2cccs2)C[C@@H]1c1ccccc1OC)C(=O)c1cccs1. The van der Waals surface area contributed by atoms with Crippen molar-refractivity contribution in [1.82, 2.24) is 9.91 Å². The van der Waals surface area contributed by atoms with Gasteiger partial charge in [0.05, 0.1) is 35.2 Å². The van der Waals surface area contributed by atoms with Crippen molar-refractivity contribution in [3.8, 4) is 5.75 Å². The van der Waals surface area contributed by atoms with Crippen molar-refractivity contribution >= 4 is 40.2 Å². The van der Waals surface area contributed by atoms with Crippen LogP contribution in [-0.2, 0) is 9.53 Å². The molecule has 1 aliphatic rings. The normalized spacial score (nSPS) is 15.4. The summed E-state index contributed by atoms with van der Waals surface area (Å²) in [6.07, 6.45) is 0.573. The average Bonchev–Trinajstić information content (AvgIpc) is 3.62. The molecule has 0 N–H and O–H groups in total. The van der Waals surface area contributed by atoms with Crippen LogP contribution in [0, 0.1) is 0 Å². The summed E-state index contributed by atoms with van der Waals surface area (Å²) in [5.74, 6) is 0.262. The number of methoxy groups -OCH3 is 2. The Labute approximate surface area is 200 Å². The molecule has 0 fully saturated rings. The maximum atomic E-state index is 13.5. The molecule has 3 heterocycles. The molecule has 33 heavy (non-hydrogen) atoms. The van der Waals surface area contributed by atoms with Crippen LogP contribution in [0.15, 0.2) is 64.4 Å². The minimum Gasteiger partial charge on any atom is -0.496 e. The van der Waals surface area contributed by atoms with Gasteiger partial charge < -0.3 is 14.4 Å². The lowest BCUT2D eigenvalue weighted by molar-refractivity contribution is -0.133. The van der Waals surface area contributed by atoms with Gasteiger partial charge in [0.25, 0.3) is 11.8 Å². The van der Waals surface area contributed by atoms with Crippen molar-refractivity contribution in [1.29, 1.82) is 0 Å². The van der Waals surface area contributed by atoms with Crippen LogP contribution < -0.4 is 4.74 Å². The molecule has 0 radical (unpaired) electrons. The monoisotopic (exact) mass is 483 g/mol. The Balaban J connectivity index is 1.63. The largest absolute Gasteiger partial charge is 0.496 e. The number of benzene rings is 1. The van der Waals surface area contributed by atoms with E-state index in [0.29, 0.717) is 30.2 Å². The van der Waals surface area contributed by atoms with Crippen LogP contribution >= 0.6 is 22.7 Å². The zero-order valence-corrected chi connectivity index (χ0v) is 20.1. The summed E-state index contributed by atoms with van der Waals surface area (Å²) in [5.41, 5.74) is 1.74. The summed E-state index contributed by atoms with van der Waals surface area (Å²) in [7, 11) is 3.19. The summed E-state index contributed by atoms with van der Waals surface area (Å²) in [6, 6.07) is 14.9. The Morgan fingerprint density at radius 1 is 1.09 bits per heavy atom. The molecule has 7 nitrogen and oxygen atoms in total. The van der Waals surface area contributed by atoms with Crippen LogP contribution in [0.3, 0.4) is 0 Å². The van der Waals surface area contributed by atoms with E-state index < -0.39 is 0 Å². The first kappa shape index (κ1) is 23.2. The molecule has 0 saturated carbocycles. The Kier molecular flexibility index (Phi) is 7.54. The number of amides is 2. The standard InChI is InChI=1S/C24H25N3O4S2/c1-30-12-11-26(24(29)22-10-6-14-33-22)16-23(28)27-19(17-7-3-4-8-20(17)31-2)15-18(25-27)21-9-5-13-32-21/h3-10,13-14,19H,11-12,15-16H2,1-2H3/t19-/m1/s1. The summed E-state index contributed by atoms with van der Waals surface area (Å²) < 4.78 is 10.7. The smallest absolute Gasteiger partial charge is 0.264 e. The number of hydrazone groups is 1. The molecule has 3 aromatic rings. The molecule has 0 saturated heterocycles. The van der Waals surface area contributed by atoms with Gasteiger partial charge in [0.1, 0.15) is 12.3 Å². The van der Waals surface area contributed by atoms with Crippen LogP contribution in [0.1, 0.15) is 32.6 Å². The van der Waals surface area contributed by atoms with E-state index in [2.05, 4.69) is 0 Å². The summed E-state index contributed by atoms with van der Waals surface area (Å²) in [4.78, 5) is 29.7. The number of hydrogen-bond donors (Lipinski definition) is 0. The molecule has 9 heteroatoms. The highest BCUT2D eigenvalue weighted by atomic mass is 32.1. The van der Waals surface area contributed by atoms with Gasteiger partial charge in [-0.05, 0) is 29.0 Å². The Hall–Kier alpha value is -3.01. The maximum absolute atomic E-state index is 13.5. The quantitative estimate of drug-likeness (QED) is 0.455. The predicted molar refractivity (Wildman–Crippen MR) is 130 cm³/mol. The average molecular weight is 484 g/mol. The van der Waals surface area contributed by atoms with Gasteiger partial charge in [-0.2, -0.15) is 5.10 Å². The van der Waals surface area contributed by atoms with E-state index in [-0.39, 0.29) is 24.4 Å². The lowest BCUT2D eigenvalue weighted by Gasteiger charge is -2.27. The van der Waals surface area contributed by atoms with Crippen molar-refractivity contribution in [2.24, 2.45) is 5.10 Å². The zero-order chi connectivity index (χ0) is 23.2. The molecule has 2 amide bonds. The van der Waals surface area contributed by atoms with Crippen LogP contribution in [0.2, 0.25) is 0 Å². The fourth-order valence-corrected chi connectivity index (χ4v) is 5.17. The van der Waals surface area contributed by atoms with Gasteiger partial charge in [0.15, 0.2) is 0 Å². The number of para-hydroxylation sites is 1. The van der Waals surface area contributed by atoms with E-state index >= 15 is 0 Å². The van der Waals surface area contributed by atoms with E-state index in [4.69, 9.17) is 14.6 Å². The minimum atomic E-state index is -0.313. The number of thiophene rings is 2. The molecule has 0 spiro atoms. The third kappa shape index (κ3) is 5.16. The van der Waals surface area contributed by atoms with Crippen molar-refractivity contribution in [2.75, 3.05) is 33.9 Å². The second kappa shape index (κ2) is 10.7. The molecular formula is C24H25N3O4S2. The Morgan fingerprint density at radius 3 is 2.58 bits per heavy atom. The highest BCUT2D eigenvalue weighted by Crippen LogP contribution is 2.38. The van der Waals surface area contributed by atoms with Gasteiger partial charge in [-0.25, -0.2) is 5.01 Å². The van der Waals surface area contributed by atoms with Crippen LogP contribution in [-0.4, -0.2) is 61.4 Å². The Bertz CT molecular complexity index is 1110. The van der Waals surface area contributed by atoms with Gasteiger partial charge in [-0.15, -0.1) is 22.7 Å². The molecule has 172 valence electrons. The molecule has 0 bridgehead atoms. The highest BCUT2D eigenvalue weighted by Gasteiger charge is 2.36. The third-order valence-corrected chi connectivity index (χ3v) is 7.16. The van der Waals surface area contributed by atoms with E-state index in [1.54, 1.807) is 31.6 Å². The van der Waals surface area contributed by atoms with Gasteiger partial charge in [0.2, 0.25) is 0 Å². The van der Waals surface area contributed by atoms with Crippen LogP contribution in [0.25, 0.3) is 0 Å².